The predicted molar refractivity (Wildman–Crippen MR) is 152 cm³/mol. The van der Waals surface area contributed by atoms with Gasteiger partial charge in [-0.2, -0.15) is 0 Å². The maximum atomic E-state index is 9.36. The smallest absolute Gasteiger partial charge is 0.0464 e. The number of aliphatic hydroxyl groups excluding tert-OH is 2. The van der Waals surface area contributed by atoms with Crippen LogP contribution < -0.4 is 4.90 Å². The number of aliphatic hydroxyl groups is 2. The second-order valence-electron chi connectivity index (χ2n) is 9.76. The lowest BCUT2D eigenvalue weighted by Gasteiger charge is -2.27. The van der Waals surface area contributed by atoms with E-state index >= 15 is 0 Å². The van der Waals surface area contributed by atoms with Gasteiger partial charge in [0.05, 0.1) is 0 Å². The second-order valence-corrected chi connectivity index (χ2v) is 9.76. The first-order valence-corrected chi connectivity index (χ1v) is 12.8. The van der Waals surface area contributed by atoms with Gasteiger partial charge in [0.2, 0.25) is 0 Å². The molecule has 186 valence electrons. The highest BCUT2D eigenvalue weighted by Gasteiger charge is 2.15. The van der Waals surface area contributed by atoms with E-state index in [1.807, 2.05) is 0 Å². The molecule has 0 amide bonds. The summed E-state index contributed by atoms with van der Waals surface area (Å²) < 4.78 is 0. The van der Waals surface area contributed by atoms with E-state index in [-0.39, 0.29) is 19.1 Å². The van der Waals surface area contributed by atoms with Gasteiger partial charge in [-0.05, 0) is 122 Å². The Bertz CT molecular complexity index is 1240. The van der Waals surface area contributed by atoms with E-state index in [2.05, 4.69) is 118 Å². The van der Waals surface area contributed by atoms with Crippen LogP contribution in [0.5, 0.6) is 0 Å². The molecule has 0 saturated heterocycles. The Kier molecular flexibility index (Phi) is 8.25. The van der Waals surface area contributed by atoms with Crippen molar-refractivity contribution in [3.8, 4) is 11.1 Å². The van der Waals surface area contributed by atoms with E-state index in [1.54, 1.807) is 0 Å². The van der Waals surface area contributed by atoms with Crippen LogP contribution in [0.4, 0.5) is 17.1 Å². The molecule has 0 bridgehead atoms. The summed E-state index contributed by atoms with van der Waals surface area (Å²) in [6, 6.07) is 30.5. The first kappa shape index (κ1) is 25.7. The van der Waals surface area contributed by atoms with Crippen LogP contribution in [-0.4, -0.2) is 23.4 Å². The molecule has 0 unspecified atom stereocenters. The Morgan fingerprint density at radius 2 is 0.944 bits per heavy atom. The summed E-state index contributed by atoms with van der Waals surface area (Å²) in [5.41, 5.74) is 12.0. The largest absolute Gasteiger partial charge is 0.396 e. The third-order valence-corrected chi connectivity index (χ3v) is 7.29. The number of nitrogens with zero attached hydrogens (tertiary/aromatic N) is 1. The van der Waals surface area contributed by atoms with Crippen molar-refractivity contribution in [2.45, 2.75) is 46.5 Å². The molecule has 3 heteroatoms. The molecule has 4 aromatic carbocycles. The van der Waals surface area contributed by atoms with Crippen molar-refractivity contribution in [1.29, 1.82) is 0 Å². The zero-order valence-electron chi connectivity index (χ0n) is 21.8. The van der Waals surface area contributed by atoms with Gasteiger partial charge in [-0.25, -0.2) is 0 Å². The van der Waals surface area contributed by atoms with Crippen LogP contribution in [0.15, 0.2) is 84.9 Å². The minimum Gasteiger partial charge on any atom is -0.396 e. The second kappa shape index (κ2) is 11.6. The number of hydrogen-bond acceptors (Lipinski definition) is 3. The number of benzene rings is 4. The van der Waals surface area contributed by atoms with E-state index in [9.17, 15) is 10.2 Å². The Morgan fingerprint density at radius 3 is 1.36 bits per heavy atom. The lowest BCUT2D eigenvalue weighted by Crippen LogP contribution is -2.10. The number of rotatable bonds is 9. The average molecular weight is 480 g/mol. The normalized spacial score (nSPS) is 11.2. The van der Waals surface area contributed by atoms with Crippen molar-refractivity contribution in [2.24, 2.45) is 0 Å². The third kappa shape index (κ3) is 5.70. The minimum atomic E-state index is 0.130. The summed E-state index contributed by atoms with van der Waals surface area (Å²) in [6.45, 7) is 8.88. The van der Waals surface area contributed by atoms with Gasteiger partial charge in [0.25, 0.3) is 0 Å². The molecule has 36 heavy (non-hydrogen) atoms. The molecule has 0 aliphatic rings. The van der Waals surface area contributed by atoms with E-state index in [0.717, 1.165) is 33.8 Å². The Morgan fingerprint density at radius 1 is 0.528 bits per heavy atom. The zero-order chi connectivity index (χ0) is 25.7. The number of aryl methyl sites for hydroxylation is 4. The summed E-state index contributed by atoms with van der Waals surface area (Å²) in [4.78, 5) is 2.32. The van der Waals surface area contributed by atoms with Crippen molar-refractivity contribution in [3.63, 3.8) is 0 Å². The highest BCUT2D eigenvalue weighted by Crippen LogP contribution is 2.37. The van der Waals surface area contributed by atoms with Gasteiger partial charge in [0.15, 0.2) is 0 Å². The van der Waals surface area contributed by atoms with Crippen LogP contribution >= 0.6 is 0 Å². The van der Waals surface area contributed by atoms with E-state index in [1.165, 1.54) is 22.3 Å². The van der Waals surface area contributed by atoms with Crippen molar-refractivity contribution in [3.05, 3.63) is 113 Å². The molecule has 0 heterocycles. The highest BCUT2D eigenvalue weighted by atomic mass is 16.3. The molecule has 0 atom stereocenters. The molecule has 0 aromatic heterocycles. The number of hydrogen-bond donors (Lipinski definition) is 2. The molecule has 0 aliphatic heterocycles. The molecular formula is C33H37NO2. The van der Waals surface area contributed by atoms with Crippen molar-refractivity contribution in [1.82, 2.24) is 0 Å². The topological polar surface area (TPSA) is 43.7 Å². The van der Waals surface area contributed by atoms with E-state index in [4.69, 9.17) is 0 Å². The summed E-state index contributed by atoms with van der Waals surface area (Å²) in [7, 11) is 0. The molecule has 0 saturated carbocycles. The summed E-state index contributed by atoms with van der Waals surface area (Å²) in [5.74, 6) is 0.181. The molecule has 0 aliphatic carbocycles. The van der Waals surface area contributed by atoms with E-state index < -0.39 is 0 Å². The zero-order valence-corrected chi connectivity index (χ0v) is 21.8. The van der Waals surface area contributed by atoms with Gasteiger partial charge in [0.1, 0.15) is 0 Å². The van der Waals surface area contributed by atoms with Crippen LogP contribution in [0, 0.1) is 27.7 Å². The monoisotopic (exact) mass is 479 g/mol. The number of anilines is 3. The standard InChI is InChI=1S/C33H37NO2/c1-23-5-13-32(21-25(23)3)34(33-14-6-24(2)26(4)22-33)31-15-11-29(12-16-31)27-7-9-28(10-8-27)30(17-19-35)18-20-36/h5-16,21-22,30,35-36H,17-20H2,1-4H3. The average Bonchev–Trinajstić information content (AvgIpc) is 2.89. The van der Waals surface area contributed by atoms with Crippen LogP contribution in [0.2, 0.25) is 0 Å². The van der Waals surface area contributed by atoms with Crippen molar-refractivity contribution < 1.29 is 10.2 Å². The minimum absolute atomic E-state index is 0.130. The van der Waals surface area contributed by atoms with E-state index in [0.29, 0.717) is 12.8 Å². The van der Waals surface area contributed by atoms with Crippen LogP contribution in [-0.2, 0) is 0 Å². The van der Waals surface area contributed by atoms with Gasteiger partial charge in [0, 0.05) is 30.3 Å². The van der Waals surface area contributed by atoms with Crippen LogP contribution in [0.1, 0.15) is 46.6 Å². The Hall–Kier alpha value is -3.40. The Balaban J connectivity index is 1.67. The van der Waals surface area contributed by atoms with Gasteiger partial charge in [-0.3, -0.25) is 0 Å². The molecule has 0 radical (unpaired) electrons. The lowest BCUT2D eigenvalue weighted by atomic mass is 9.91. The quantitative estimate of drug-likeness (QED) is 0.256. The summed E-state index contributed by atoms with van der Waals surface area (Å²) >= 11 is 0. The third-order valence-electron chi connectivity index (χ3n) is 7.29. The molecule has 0 fully saturated rings. The highest BCUT2D eigenvalue weighted by molar-refractivity contribution is 5.79. The first-order chi connectivity index (χ1) is 17.4. The van der Waals surface area contributed by atoms with Gasteiger partial charge >= 0.3 is 0 Å². The fourth-order valence-corrected chi connectivity index (χ4v) is 4.72. The van der Waals surface area contributed by atoms with Gasteiger partial charge < -0.3 is 15.1 Å². The van der Waals surface area contributed by atoms with Gasteiger partial charge in [-0.1, -0.05) is 48.5 Å². The molecule has 2 N–H and O–H groups in total. The molecule has 4 rings (SSSR count). The molecule has 3 nitrogen and oxygen atoms in total. The molecule has 0 spiro atoms. The van der Waals surface area contributed by atoms with Crippen molar-refractivity contribution in [2.75, 3.05) is 18.1 Å². The fourth-order valence-electron chi connectivity index (χ4n) is 4.72. The molecule has 4 aromatic rings. The summed E-state index contributed by atoms with van der Waals surface area (Å²) in [5, 5.41) is 18.7. The summed E-state index contributed by atoms with van der Waals surface area (Å²) in [6.07, 6.45) is 1.34. The van der Waals surface area contributed by atoms with Gasteiger partial charge in [-0.15, -0.1) is 0 Å². The maximum absolute atomic E-state index is 9.36. The van der Waals surface area contributed by atoms with Crippen LogP contribution in [0.25, 0.3) is 11.1 Å². The SMILES string of the molecule is Cc1ccc(N(c2ccc(-c3ccc(C(CCO)CCO)cc3)cc2)c2ccc(C)c(C)c2)cc1C. The first-order valence-electron chi connectivity index (χ1n) is 12.8. The maximum Gasteiger partial charge on any atom is 0.0464 e. The van der Waals surface area contributed by atoms with Crippen molar-refractivity contribution >= 4 is 17.1 Å². The predicted octanol–water partition coefficient (Wildman–Crippen LogP) is 7.91. The molecular weight excluding hydrogens is 442 g/mol. The fraction of sp³-hybridized carbons (Fsp3) is 0.273. The Labute approximate surface area is 215 Å². The van der Waals surface area contributed by atoms with Crippen LogP contribution in [0.3, 0.4) is 0 Å². The lowest BCUT2D eigenvalue weighted by molar-refractivity contribution is 0.242.